The third-order valence-electron chi connectivity index (χ3n) is 4.36. The molecule has 0 unspecified atom stereocenters. The lowest BCUT2D eigenvalue weighted by atomic mass is 10.0. The van der Waals surface area contributed by atoms with Crippen LogP contribution in [0.25, 0.3) is 22.5 Å². The number of aromatic nitrogens is 1. The number of sulfonamides is 1. The summed E-state index contributed by atoms with van der Waals surface area (Å²) in [4.78, 5) is 12.2. The van der Waals surface area contributed by atoms with E-state index in [9.17, 15) is 13.2 Å². The van der Waals surface area contributed by atoms with E-state index in [1.165, 1.54) is 12.1 Å². The molecule has 152 valence electrons. The van der Waals surface area contributed by atoms with Crippen LogP contribution in [0.3, 0.4) is 0 Å². The highest BCUT2D eigenvalue weighted by atomic mass is 32.2. The van der Waals surface area contributed by atoms with Gasteiger partial charge in [0.2, 0.25) is 10.0 Å². The molecule has 0 amide bonds. The molecule has 0 aliphatic heterocycles. The summed E-state index contributed by atoms with van der Waals surface area (Å²) in [5.74, 6) is 0.0804. The fourth-order valence-corrected chi connectivity index (χ4v) is 3.39. The number of rotatable bonds is 8. The van der Waals surface area contributed by atoms with Gasteiger partial charge in [0.25, 0.3) is 5.88 Å². The quantitative estimate of drug-likeness (QED) is 0.438. The van der Waals surface area contributed by atoms with Gasteiger partial charge in [0, 0.05) is 12.0 Å². The second kappa shape index (κ2) is 9.02. The van der Waals surface area contributed by atoms with Crippen LogP contribution in [0.15, 0.2) is 64.0 Å². The summed E-state index contributed by atoms with van der Waals surface area (Å²) in [6, 6.07) is 15.2. The van der Waals surface area contributed by atoms with Crippen LogP contribution in [0.2, 0.25) is 0 Å². The molecule has 3 rings (SSSR count). The predicted molar refractivity (Wildman–Crippen MR) is 109 cm³/mol. The number of esters is 1. The minimum absolute atomic E-state index is 0.00963. The Morgan fingerprint density at radius 2 is 1.72 bits per heavy atom. The van der Waals surface area contributed by atoms with Gasteiger partial charge in [-0.3, -0.25) is 4.79 Å². The zero-order chi connectivity index (χ0) is 20.9. The first kappa shape index (κ1) is 20.8. The molecular formula is C21H22N2O5S. The zero-order valence-electron chi connectivity index (χ0n) is 16.0. The molecule has 0 radical (unpaired) electrons. The number of nitrogens with zero attached hydrogens (tertiary/aromatic N) is 1. The SMILES string of the molecule is CCCCCC(=O)Oc1noc(-c2ccc(S(N)(=O)=O)cc2)c1-c1ccccc1. The van der Waals surface area contributed by atoms with Crippen LogP contribution >= 0.6 is 0 Å². The first-order chi connectivity index (χ1) is 13.9. The lowest BCUT2D eigenvalue weighted by Crippen LogP contribution is -2.11. The molecule has 0 fully saturated rings. The zero-order valence-corrected chi connectivity index (χ0v) is 16.8. The van der Waals surface area contributed by atoms with Crippen LogP contribution in [0.1, 0.15) is 32.6 Å². The number of nitrogens with two attached hydrogens (primary N) is 1. The van der Waals surface area contributed by atoms with Crippen molar-refractivity contribution in [1.29, 1.82) is 0 Å². The number of benzene rings is 2. The molecule has 7 nitrogen and oxygen atoms in total. The van der Waals surface area contributed by atoms with E-state index in [4.69, 9.17) is 14.4 Å². The second-order valence-electron chi connectivity index (χ2n) is 6.56. The number of primary sulfonamides is 1. The van der Waals surface area contributed by atoms with Gasteiger partial charge in [-0.05, 0) is 41.4 Å². The van der Waals surface area contributed by atoms with Crippen LogP contribution in [-0.4, -0.2) is 19.5 Å². The fraction of sp³-hybridized carbons (Fsp3) is 0.238. The average Bonchev–Trinajstić information content (AvgIpc) is 3.11. The number of unbranched alkanes of at least 4 members (excludes halogenated alkanes) is 2. The summed E-state index contributed by atoms with van der Waals surface area (Å²) in [6.07, 6.45) is 3.00. The second-order valence-corrected chi connectivity index (χ2v) is 8.12. The maximum atomic E-state index is 12.2. The molecule has 0 saturated heterocycles. The van der Waals surface area contributed by atoms with E-state index in [0.29, 0.717) is 23.3 Å². The predicted octanol–water partition coefficient (Wildman–Crippen LogP) is 4.14. The molecule has 1 aromatic heterocycles. The number of hydrogen-bond acceptors (Lipinski definition) is 6. The molecule has 0 bridgehead atoms. The highest BCUT2D eigenvalue weighted by Gasteiger charge is 2.23. The smallest absolute Gasteiger partial charge is 0.312 e. The number of ether oxygens (including phenoxy) is 1. The fourth-order valence-electron chi connectivity index (χ4n) is 2.88. The topological polar surface area (TPSA) is 112 Å². The van der Waals surface area contributed by atoms with Crippen LogP contribution in [-0.2, 0) is 14.8 Å². The van der Waals surface area contributed by atoms with Crippen molar-refractivity contribution in [3.8, 4) is 28.3 Å². The molecule has 29 heavy (non-hydrogen) atoms. The van der Waals surface area contributed by atoms with Crippen molar-refractivity contribution in [1.82, 2.24) is 5.16 Å². The van der Waals surface area contributed by atoms with E-state index in [0.717, 1.165) is 24.8 Å². The summed E-state index contributed by atoms with van der Waals surface area (Å²) >= 11 is 0. The van der Waals surface area contributed by atoms with Gasteiger partial charge < -0.3 is 9.26 Å². The lowest BCUT2D eigenvalue weighted by Gasteiger charge is -2.06. The monoisotopic (exact) mass is 414 g/mol. The first-order valence-electron chi connectivity index (χ1n) is 9.29. The summed E-state index contributed by atoms with van der Waals surface area (Å²) in [5, 5.41) is 9.10. The molecule has 8 heteroatoms. The third kappa shape index (κ3) is 5.10. The molecule has 0 spiro atoms. The van der Waals surface area contributed by atoms with Crippen molar-refractivity contribution in [3.05, 3.63) is 54.6 Å². The maximum Gasteiger partial charge on any atom is 0.312 e. The summed E-state index contributed by atoms with van der Waals surface area (Å²) in [6.45, 7) is 2.06. The highest BCUT2D eigenvalue weighted by molar-refractivity contribution is 7.89. The molecule has 0 aliphatic carbocycles. The first-order valence-corrected chi connectivity index (χ1v) is 10.8. The van der Waals surface area contributed by atoms with Crippen LogP contribution < -0.4 is 9.88 Å². The molecular weight excluding hydrogens is 392 g/mol. The minimum Gasteiger partial charge on any atom is -0.403 e. The van der Waals surface area contributed by atoms with Crippen LogP contribution in [0, 0.1) is 0 Å². The van der Waals surface area contributed by atoms with Crippen LogP contribution in [0.4, 0.5) is 0 Å². The Balaban J connectivity index is 1.98. The molecule has 2 N–H and O–H groups in total. The third-order valence-corrected chi connectivity index (χ3v) is 5.29. The molecule has 0 saturated carbocycles. The van der Waals surface area contributed by atoms with Crippen molar-refractivity contribution < 1.29 is 22.5 Å². The van der Waals surface area contributed by atoms with Gasteiger partial charge in [-0.15, -0.1) is 0 Å². The van der Waals surface area contributed by atoms with E-state index >= 15 is 0 Å². The Bertz CT molecular complexity index is 1070. The van der Waals surface area contributed by atoms with Gasteiger partial charge in [-0.1, -0.05) is 50.1 Å². The standard InChI is InChI=1S/C21H22N2O5S/c1-2-3-5-10-18(24)27-21-19(15-8-6-4-7-9-15)20(28-23-21)16-11-13-17(14-12-16)29(22,25)26/h4,6-9,11-14H,2-3,5,10H2,1H3,(H2,22,25,26). The van der Waals surface area contributed by atoms with E-state index in [1.54, 1.807) is 12.1 Å². The van der Waals surface area contributed by atoms with Gasteiger partial charge in [-0.2, -0.15) is 0 Å². The highest BCUT2D eigenvalue weighted by Crippen LogP contribution is 2.39. The van der Waals surface area contributed by atoms with Crippen LogP contribution in [0.5, 0.6) is 5.88 Å². The number of carbonyl (C=O) groups is 1. The van der Waals surface area contributed by atoms with Crippen molar-refractivity contribution in [2.24, 2.45) is 5.14 Å². The molecule has 3 aromatic rings. The van der Waals surface area contributed by atoms with Crippen molar-refractivity contribution in [3.63, 3.8) is 0 Å². The maximum absolute atomic E-state index is 12.2. The summed E-state index contributed by atoms with van der Waals surface area (Å²) in [7, 11) is -3.80. The molecule has 1 heterocycles. The van der Waals surface area contributed by atoms with Gasteiger partial charge in [-0.25, -0.2) is 13.6 Å². The lowest BCUT2D eigenvalue weighted by molar-refractivity contribution is -0.134. The van der Waals surface area contributed by atoms with Crippen molar-refractivity contribution in [2.75, 3.05) is 0 Å². The van der Waals surface area contributed by atoms with Gasteiger partial charge in [0.1, 0.15) is 0 Å². The van der Waals surface area contributed by atoms with E-state index in [-0.39, 0.29) is 16.7 Å². The summed E-state index contributed by atoms with van der Waals surface area (Å²) in [5.41, 5.74) is 1.87. The van der Waals surface area contributed by atoms with Gasteiger partial charge >= 0.3 is 5.97 Å². The average molecular weight is 414 g/mol. The van der Waals surface area contributed by atoms with E-state index in [1.807, 2.05) is 30.3 Å². The Kier molecular flexibility index (Phi) is 6.46. The Labute approximate surface area is 169 Å². The Morgan fingerprint density at radius 3 is 2.34 bits per heavy atom. The van der Waals surface area contributed by atoms with Crippen molar-refractivity contribution in [2.45, 2.75) is 37.5 Å². The molecule has 0 atom stereocenters. The minimum atomic E-state index is -3.80. The molecule has 2 aromatic carbocycles. The van der Waals surface area contributed by atoms with Crippen molar-refractivity contribution >= 4 is 16.0 Å². The Morgan fingerprint density at radius 1 is 1.03 bits per heavy atom. The Hall–Kier alpha value is -2.97. The van der Waals surface area contributed by atoms with E-state index in [2.05, 4.69) is 12.1 Å². The normalized spacial score (nSPS) is 11.4. The molecule has 0 aliphatic rings. The largest absolute Gasteiger partial charge is 0.403 e. The summed E-state index contributed by atoms with van der Waals surface area (Å²) < 4.78 is 33.9. The van der Waals surface area contributed by atoms with Gasteiger partial charge in [0.15, 0.2) is 5.76 Å². The van der Waals surface area contributed by atoms with Gasteiger partial charge in [0.05, 0.1) is 10.5 Å². The number of hydrogen-bond donors (Lipinski definition) is 1. The number of carbonyl (C=O) groups excluding carboxylic acids is 1. The van der Waals surface area contributed by atoms with E-state index < -0.39 is 10.0 Å².